The minimum absolute atomic E-state index is 0.0449. The van der Waals surface area contributed by atoms with Crippen molar-refractivity contribution >= 4 is 17.4 Å². The Hall–Kier alpha value is -3.32. The highest BCUT2D eigenvalue weighted by Gasteiger charge is 2.45. The number of aromatic hydroxyl groups is 1. The summed E-state index contributed by atoms with van der Waals surface area (Å²) in [7, 11) is 3.78. The van der Waals surface area contributed by atoms with Crippen LogP contribution < -0.4 is 4.74 Å². The Balaban J connectivity index is 2.04. The van der Waals surface area contributed by atoms with Gasteiger partial charge in [0, 0.05) is 18.7 Å². The summed E-state index contributed by atoms with van der Waals surface area (Å²) < 4.78 is 5.79. The number of phenols is 1. The second-order valence-corrected chi connectivity index (χ2v) is 8.57. The second kappa shape index (κ2) is 10.5. The van der Waals surface area contributed by atoms with E-state index >= 15 is 0 Å². The molecule has 1 aliphatic rings. The molecule has 1 heterocycles. The van der Waals surface area contributed by atoms with Crippen LogP contribution in [0.3, 0.4) is 0 Å². The van der Waals surface area contributed by atoms with Crippen molar-refractivity contribution in [2.45, 2.75) is 32.7 Å². The fourth-order valence-corrected chi connectivity index (χ4v) is 3.86. The van der Waals surface area contributed by atoms with Crippen molar-refractivity contribution in [1.29, 1.82) is 0 Å². The second-order valence-electron chi connectivity index (χ2n) is 8.57. The van der Waals surface area contributed by atoms with Crippen molar-refractivity contribution in [1.82, 2.24) is 9.80 Å². The molecule has 2 aromatic carbocycles. The molecule has 0 bridgehead atoms. The summed E-state index contributed by atoms with van der Waals surface area (Å²) >= 11 is 0. The number of ether oxygens (including phenoxy) is 1. The largest absolute Gasteiger partial charge is 0.508 e. The predicted octanol–water partition coefficient (Wildman–Crippen LogP) is 3.86. The number of nitrogens with zero attached hydrogens (tertiary/aromatic N) is 2. The third kappa shape index (κ3) is 5.37. The summed E-state index contributed by atoms with van der Waals surface area (Å²) in [4.78, 5) is 29.4. The molecular weight excluding hydrogens is 420 g/mol. The Kier molecular flexibility index (Phi) is 7.76. The molecule has 1 atom stereocenters. The fourth-order valence-electron chi connectivity index (χ4n) is 3.86. The maximum atomic E-state index is 13.1. The predicted molar refractivity (Wildman–Crippen MR) is 127 cm³/mol. The molecule has 7 nitrogen and oxygen atoms in total. The number of likely N-dealkylation sites (tertiary alicyclic amines) is 1. The van der Waals surface area contributed by atoms with E-state index < -0.39 is 17.7 Å². The standard InChI is InChI=1S/C26H32N2O5/c1-5-6-15-33-21-12-9-19(16-17(21)2)24(30)22-23(18-7-10-20(29)11-8-18)28(14-13-27(3)4)26(32)25(22)31/h7-12,16,23,29-30H,5-6,13-15H2,1-4H3/b24-22-. The van der Waals surface area contributed by atoms with Gasteiger partial charge in [-0.3, -0.25) is 9.59 Å². The Morgan fingerprint density at radius 2 is 1.82 bits per heavy atom. The van der Waals surface area contributed by atoms with Gasteiger partial charge in [-0.1, -0.05) is 25.5 Å². The Labute approximate surface area is 194 Å². The van der Waals surface area contributed by atoms with E-state index in [-0.39, 0.29) is 17.1 Å². The molecule has 0 aliphatic carbocycles. The topological polar surface area (TPSA) is 90.3 Å². The van der Waals surface area contributed by atoms with Gasteiger partial charge in [-0.15, -0.1) is 0 Å². The van der Waals surface area contributed by atoms with Gasteiger partial charge in [0.25, 0.3) is 11.7 Å². The quantitative estimate of drug-likeness (QED) is 0.260. The molecule has 1 aliphatic heterocycles. The molecule has 7 heteroatoms. The number of hydrogen-bond acceptors (Lipinski definition) is 6. The van der Waals surface area contributed by atoms with Crippen LogP contribution in [0, 0.1) is 6.92 Å². The van der Waals surface area contributed by atoms with Gasteiger partial charge in [0.15, 0.2) is 0 Å². The van der Waals surface area contributed by atoms with E-state index in [4.69, 9.17) is 4.74 Å². The van der Waals surface area contributed by atoms with E-state index in [1.54, 1.807) is 30.3 Å². The number of aliphatic hydroxyl groups is 1. The van der Waals surface area contributed by atoms with Crippen LogP contribution in [0.5, 0.6) is 11.5 Å². The lowest BCUT2D eigenvalue weighted by molar-refractivity contribution is -0.140. The first-order chi connectivity index (χ1) is 15.7. The molecule has 1 fully saturated rings. The van der Waals surface area contributed by atoms with Crippen LogP contribution in [0.2, 0.25) is 0 Å². The molecule has 1 unspecified atom stereocenters. The highest BCUT2D eigenvalue weighted by molar-refractivity contribution is 6.46. The molecule has 1 amide bonds. The first-order valence-electron chi connectivity index (χ1n) is 11.2. The molecular formula is C26H32N2O5. The van der Waals surface area contributed by atoms with E-state index in [0.29, 0.717) is 30.8 Å². The lowest BCUT2D eigenvalue weighted by Crippen LogP contribution is -2.35. The third-order valence-electron chi connectivity index (χ3n) is 5.74. The number of Topliss-reactive ketones (excluding diaryl/α,β-unsaturated/α-hetero) is 1. The van der Waals surface area contributed by atoms with Crippen LogP contribution in [-0.4, -0.2) is 65.5 Å². The van der Waals surface area contributed by atoms with Crippen molar-refractivity contribution in [3.8, 4) is 11.5 Å². The van der Waals surface area contributed by atoms with Crippen molar-refractivity contribution in [3.63, 3.8) is 0 Å². The van der Waals surface area contributed by atoms with Crippen molar-refractivity contribution in [3.05, 3.63) is 64.7 Å². The zero-order chi connectivity index (χ0) is 24.1. The average Bonchev–Trinajstić information content (AvgIpc) is 3.03. The van der Waals surface area contributed by atoms with Gasteiger partial charge in [0.1, 0.15) is 17.3 Å². The van der Waals surface area contributed by atoms with Gasteiger partial charge in [0.2, 0.25) is 0 Å². The molecule has 0 spiro atoms. The van der Waals surface area contributed by atoms with Crippen molar-refractivity contribution in [2.75, 3.05) is 33.8 Å². The van der Waals surface area contributed by atoms with Crippen LogP contribution in [0.15, 0.2) is 48.0 Å². The van der Waals surface area contributed by atoms with E-state index in [1.807, 2.05) is 25.9 Å². The number of aliphatic hydroxyl groups excluding tert-OH is 1. The van der Waals surface area contributed by atoms with E-state index in [0.717, 1.165) is 24.2 Å². The van der Waals surface area contributed by atoms with E-state index in [1.165, 1.54) is 17.0 Å². The smallest absolute Gasteiger partial charge is 0.295 e. The van der Waals surface area contributed by atoms with Crippen LogP contribution in [-0.2, 0) is 9.59 Å². The molecule has 3 rings (SSSR count). The minimum atomic E-state index is -0.744. The number of phenolic OH excluding ortho intramolecular Hbond substituents is 1. The number of benzene rings is 2. The minimum Gasteiger partial charge on any atom is -0.508 e. The van der Waals surface area contributed by atoms with Gasteiger partial charge >= 0.3 is 0 Å². The molecule has 33 heavy (non-hydrogen) atoms. The SMILES string of the molecule is CCCCOc1ccc(/C(O)=C2/C(=O)C(=O)N(CCN(C)C)C2c2ccc(O)cc2)cc1C. The number of ketones is 1. The summed E-state index contributed by atoms with van der Waals surface area (Å²) in [6.07, 6.45) is 1.98. The Morgan fingerprint density at radius 1 is 1.12 bits per heavy atom. The van der Waals surface area contributed by atoms with E-state index in [9.17, 15) is 19.8 Å². The number of hydrogen-bond donors (Lipinski definition) is 2. The lowest BCUT2D eigenvalue weighted by atomic mass is 9.94. The van der Waals surface area contributed by atoms with Gasteiger partial charge < -0.3 is 24.7 Å². The zero-order valence-corrected chi connectivity index (χ0v) is 19.7. The van der Waals surface area contributed by atoms with Gasteiger partial charge in [-0.05, 0) is 68.9 Å². The first kappa shape index (κ1) is 24.3. The van der Waals surface area contributed by atoms with E-state index in [2.05, 4.69) is 6.92 Å². The summed E-state index contributed by atoms with van der Waals surface area (Å²) in [6.45, 7) is 5.47. The average molecular weight is 453 g/mol. The number of unbranched alkanes of at least 4 members (excludes halogenated alkanes) is 1. The Bertz CT molecular complexity index is 1040. The number of aryl methyl sites for hydroxylation is 1. The lowest BCUT2D eigenvalue weighted by Gasteiger charge is -2.26. The molecule has 2 aromatic rings. The normalized spacial score (nSPS) is 17.7. The van der Waals surface area contributed by atoms with Crippen LogP contribution in [0.25, 0.3) is 5.76 Å². The molecule has 0 saturated carbocycles. The maximum absolute atomic E-state index is 13.1. The number of carbonyl (C=O) groups is 2. The third-order valence-corrected chi connectivity index (χ3v) is 5.74. The Morgan fingerprint density at radius 3 is 2.42 bits per heavy atom. The fraction of sp³-hybridized carbons (Fsp3) is 0.385. The number of carbonyl (C=O) groups excluding carboxylic acids is 2. The molecule has 0 radical (unpaired) electrons. The summed E-state index contributed by atoms with van der Waals surface area (Å²) in [6, 6.07) is 10.8. The summed E-state index contributed by atoms with van der Waals surface area (Å²) in [5.41, 5.74) is 1.97. The van der Waals surface area contributed by atoms with Gasteiger partial charge in [-0.25, -0.2) is 0 Å². The highest BCUT2D eigenvalue weighted by Crippen LogP contribution is 2.40. The molecule has 176 valence electrons. The first-order valence-corrected chi connectivity index (χ1v) is 11.2. The summed E-state index contributed by atoms with van der Waals surface area (Å²) in [5, 5.41) is 20.9. The van der Waals surface area contributed by atoms with Gasteiger partial charge in [-0.2, -0.15) is 0 Å². The molecule has 0 aromatic heterocycles. The number of rotatable bonds is 9. The van der Waals surface area contributed by atoms with Gasteiger partial charge in [0.05, 0.1) is 18.2 Å². The van der Waals surface area contributed by atoms with Crippen LogP contribution in [0.1, 0.15) is 42.5 Å². The molecule has 2 N–H and O–H groups in total. The van der Waals surface area contributed by atoms with Crippen molar-refractivity contribution in [2.24, 2.45) is 0 Å². The zero-order valence-electron chi connectivity index (χ0n) is 19.7. The maximum Gasteiger partial charge on any atom is 0.295 e. The monoisotopic (exact) mass is 452 g/mol. The summed E-state index contributed by atoms with van der Waals surface area (Å²) in [5.74, 6) is -0.778. The van der Waals surface area contributed by atoms with Crippen LogP contribution in [0.4, 0.5) is 0 Å². The molecule has 1 saturated heterocycles. The highest BCUT2D eigenvalue weighted by atomic mass is 16.5. The van der Waals surface area contributed by atoms with Crippen molar-refractivity contribution < 1.29 is 24.5 Å². The number of amides is 1. The van der Waals surface area contributed by atoms with Crippen LogP contribution >= 0.6 is 0 Å². The number of likely N-dealkylation sites (N-methyl/N-ethyl adjacent to an activating group) is 1.